The molecular weight excluding hydrogens is 354 g/mol. The monoisotopic (exact) mass is 380 g/mol. The number of hydrogen-bond donors (Lipinski definition) is 1. The molecule has 146 valence electrons. The molecule has 1 N–H and O–H groups in total. The summed E-state index contributed by atoms with van der Waals surface area (Å²) in [5.74, 6) is 0.691. The number of nitrogens with one attached hydrogen (secondary N) is 1. The van der Waals surface area contributed by atoms with E-state index in [1.54, 1.807) is 7.11 Å². The van der Waals surface area contributed by atoms with Crippen molar-refractivity contribution in [1.29, 1.82) is 0 Å². The fourth-order valence-corrected chi connectivity index (χ4v) is 4.19. The highest BCUT2D eigenvalue weighted by atomic mass is 16.5. The quantitative estimate of drug-likeness (QED) is 0.806. The van der Waals surface area contributed by atoms with Crippen LogP contribution in [0.25, 0.3) is 0 Å². The third kappa shape index (κ3) is 3.36. The van der Waals surface area contributed by atoms with E-state index in [2.05, 4.69) is 11.0 Å². The molecule has 4 rings (SSSR count). The lowest BCUT2D eigenvalue weighted by Gasteiger charge is -2.36. The molecule has 0 spiro atoms. The molecule has 6 heteroatoms. The Balaban J connectivity index is 1.44. The predicted octanol–water partition coefficient (Wildman–Crippen LogP) is 1.04. The summed E-state index contributed by atoms with van der Waals surface area (Å²) in [6.45, 7) is 5.30. The molecule has 2 aliphatic rings. The second-order valence-corrected chi connectivity index (χ2v) is 7.48. The van der Waals surface area contributed by atoms with Crippen LogP contribution >= 0.6 is 0 Å². The van der Waals surface area contributed by atoms with E-state index in [-0.39, 0.29) is 24.3 Å². The number of nitrogens with zero attached hydrogens (tertiary/aromatic N) is 2. The lowest BCUT2D eigenvalue weighted by Crippen LogP contribution is -3.19. The van der Waals surface area contributed by atoms with Gasteiger partial charge in [-0.2, -0.15) is 0 Å². The Morgan fingerprint density at radius 2 is 1.68 bits per heavy atom. The molecule has 2 amide bonds. The zero-order chi connectivity index (χ0) is 19.7. The first-order valence-corrected chi connectivity index (χ1v) is 9.74. The van der Waals surface area contributed by atoms with E-state index in [0.29, 0.717) is 5.69 Å². The Bertz CT molecular complexity index is 873. The van der Waals surface area contributed by atoms with Gasteiger partial charge in [-0.25, -0.2) is 4.90 Å². The summed E-state index contributed by atoms with van der Waals surface area (Å²) in [7, 11) is 1.68. The van der Waals surface area contributed by atoms with Crippen molar-refractivity contribution in [2.45, 2.75) is 19.4 Å². The number of imide groups is 1. The van der Waals surface area contributed by atoms with Crippen LogP contribution in [0, 0.1) is 6.92 Å². The number of benzene rings is 2. The molecule has 2 aromatic carbocycles. The second-order valence-electron chi connectivity index (χ2n) is 7.48. The van der Waals surface area contributed by atoms with Crippen LogP contribution in [-0.2, 0) is 9.59 Å². The highest BCUT2D eigenvalue weighted by molar-refractivity contribution is 6.21. The number of carbonyl (C=O) groups excluding carboxylic acids is 2. The van der Waals surface area contributed by atoms with Gasteiger partial charge in [0.15, 0.2) is 6.04 Å². The van der Waals surface area contributed by atoms with E-state index in [0.717, 1.165) is 43.2 Å². The van der Waals surface area contributed by atoms with Crippen LogP contribution in [0.15, 0.2) is 48.5 Å². The lowest BCUT2D eigenvalue weighted by molar-refractivity contribution is -0.915. The number of amides is 2. The predicted molar refractivity (Wildman–Crippen MR) is 108 cm³/mol. The zero-order valence-electron chi connectivity index (χ0n) is 16.4. The SMILES string of the molecule is COc1ccccc1N1CC[NH+]([C@H]2CC(=O)N(c3ccc(C)cc3)C2=O)CC1. The molecule has 2 fully saturated rings. The van der Waals surface area contributed by atoms with Crippen molar-refractivity contribution in [3.05, 3.63) is 54.1 Å². The summed E-state index contributed by atoms with van der Waals surface area (Å²) in [5, 5.41) is 0. The number of ether oxygens (including phenoxy) is 1. The Hall–Kier alpha value is -2.86. The molecular formula is C22H26N3O3+. The van der Waals surface area contributed by atoms with Crippen molar-refractivity contribution >= 4 is 23.2 Å². The molecule has 0 bridgehead atoms. The van der Waals surface area contributed by atoms with Gasteiger partial charge in [0, 0.05) is 0 Å². The lowest BCUT2D eigenvalue weighted by atomic mass is 10.1. The minimum Gasteiger partial charge on any atom is -0.495 e. The maximum absolute atomic E-state index is 13.0. The Labute approximate surface area is 165 Å². The van der Waals surface area contributed by atoms with Gasteiger partial charge in [0.2, 0.25) is 5.91 Å². The van der Waals surface area contributed by atoms with E-state index in [1.807, 2.05) is 49.4 Å². The summed E-state index contributed by atoms with van der Waals surface area (Å²) in [6, 6.07) is 15.3. The molecule has 0 aromatic heterocycles. The fraction of sp³-hybridized carbons (Fsp3) is 0.364. The van der Waals surface area contributed by atoms with Crippen LogP contribution in [0.4, 0.5) is 11.4 Å². The summed E-state index contributed by atoms with van der Waals surface area (Å²) in [5.41, 5.74) is 2.87. The molecule has 6 nitrogen and oxygen atoms in total. The fourth-order valence-electron chi connectivity index (χ4n) is 4.19. The van der Waals surface area contributed by atoms with E-state index in [9.17, 15) is 9.59 Å². The highest BCUT2D eigenvalue weighted by Gasteiger charge is 2.46. The first-order valence-electron chi connectivity index (χ1n) is 9.74. The molecule has 2 aromatic rings. The molecule has 0 radical (unpaired) electrons. The maximum Gasteiger partial charge on any atom is 0.292 e. The van der Waals surface area contributed by atoms with Crippen molar-refractivity contribution in [2.75, 3.05) is 43.1 Å². The van der Waals surface area contributed by atoms with Crippen LogP contribution in [0.5, 0.6) is 5.75 Å². The van der Waals surface area contributed by atoms with E-state index < -0.39 is 0 Å². The molecule has 2 heterocycles. The van der Waals surface area contributed by atoms with Gasteiger partial charge in [0.05, 0.1) is 51.1 Å². The van der Waals surface area contributed by atoms with Gasteiger partial charge in [-0.15, -0.1) is 0 Å². The zero-order valence-corrected chi connectivity index (χ0v) is 16.4. The first kappa shape index (κ1) is 18.5. The van der Waals surface area contributed by atoms with E-state index in [1.165, 1.54) is 9.80 Å². The maximum atomic E-state index is 13.0. The molecule has 0 saturated carbocycles. The van der Waals surface area contributed by atoms with Crippen molar-refractivity contribution in [1.82, 2.24) is 0 Å². The van der Waals surface area contributed by atoms with Crippen molar-refractivity contribution in [3.8, 4) is 5.75 Å². The van der Waals surface area contributed by atoms with Crippen LogP contribution in [0.2, 0.25) is 0 Å². The average Bonchev–Trinajstić information content (AvgIpc) is 3.03. The minimum absolute atomic E-state index is 0.0744. The third-order valence-corrected chi connectivity index (χ3v) is 5.76. The van der Waals surface area contributed by atoms with Gasteiger partial charge in [0.1, 0.15) is 5.75 Å². The second kappa shape index (κ2) is 7.64. The molecule has 2 saturated heterocycles. The van der Waals surface area contributed by atoms with E-state index in [4.69, 9.17) is 4.74 Å². The number of anilines is 2. The number of para-hydroxylation sites is 2. The highest BCUT2D eigenvalue weighted by Crippen LogP contribution is 2.27. The minimum atomic E-state index is -0.284. The van der Waals surface area contributed by atoms with Crippen molar-refractivity contribution in [2.24, 2.45) is 0 Å². The van der Waals surface area contributed by atoms with Crippen molar-refractivity contribution < 1.29 is 19.2 Å². The summed E-state index contributed by atoms with van der Waals surface area (Å²) in [4.78, 5) is 30.4. The average molecular weight is 380 g/mol. The Morgan fingerprint density at radius 1 is 1.00 bits per heavy atom. The topological polar surface area (TPSA) is 54.3 Å². The van der Waals surface area contributed by atoms with Gasteiger partial charge in [-0.1, -0.05) is 29.8 Å². The number of hydrogen-bond acceptors (Lipinski definition) is 4. The van der Waals surface area contributed by atoms with Gasteiger partial charge in [-0.3, -0.25) is 9.59 Å². The van der Waals surface area contributed by atoms with Gasteiger partial charge in [-0.05, 0) is 31.2 Å². The van der Waals surface area contributed by atoms with Crippen LogP contribution < -0.4 is 19.4 Å². The standard InChI is InChI=1S/C22H25N3O3/c1-16-7-9-17(10-8-16)25-21(26)15-19(22(25)27)24-13-11-23(12-14-24)18-5-3-4-6-20(18)28-2/h3-10,19H,11-15H2,1-2H3/p+1/t19-/m0/s1. The number of quaternary nitrogens is 1. The largest absolute Gasteiger partial charge is 0.495 e. The summed E-state index contributed by atoms with van der Waals surface area (Å²) < 4.78 is 5.47. The van der Waals surface area contributed by atoms with Crippen LogP contribution in [0.3, 0.4) is 0 Å². The third-order valence-electron chi connectivity index (χ3n) is 5.76. The number of methoxy groups -OCH3 is 1. The van der Waals surface area contributed by atoms with Crippen LogP contribution in [0.1, 0.15) is 12.0 Å². The number of rotatable bonds is 4. The van der Waals surface area contributed by atoms with Crippen LogP contribution in [-0.4, -0.2) is 51.1 Å². The number of carbonyl (C=O) groups is 2. The molecule has 28 heavy (non-hydrogen) atoms. The number of aryl methyl sites for hydroxylation is 1. The van der Waals surface area contributed by atoms with Crippen molar-refractivity contribution in [3.63, 3.8) is 0 Å². The Kier molecular flexibility index (Phi) is 5.05. The molecule has 0 aliphatic carbocycles. The summed E-state index contributed by atoms with van der Waals surface area (Å²) >= 11 is 0. The van der Waals surface area contributed by atoms with Gasteiger partial charge >= 0.3 is 0 Å². The number of piperazine rings is 1. The summed E-state index contributed by atoms with van der Waals surface area (Å²) in [6.07, 6.45) is 0.288. The molecule has 0 unspecified atom stereocenters. The Morgan fingerprint density at radius 3 is 2.36 bits per heavy atom. The molecule has 1 atom stereocenters. The molecule has 2 aliphatic heterocycles. The van der Waals surface area contributed by atoms with E-state index >= 15 is 0 Å². The smallest absolute Gasteiger partial charge is 0.292 e. The van der Waals surface area contributed by atoms with Gasteiger partial charge < -0.3 is 14.5 Å². The van der Waals surface area contributed by atoms with Gasteiger partial charge in [0.25, 0.3) is 5.91 Å². The normalized spacial score (nSPS) is 20.7. The first-order chi connectivity index (χ1) is 13.6.